The number of hydrogen-bond donors (Lipinski definition) is 2. The molecule has 96 valence electrons. The van der Waals surface area contributed by atoms with Crippen molar-refractivity contribution in [2.24, 2.45) is 0 Å². The first-order valence-electron chi connectivity index (χ1n) is 4.63. The number of nitrogens with zero attached hydrogens (tertiary/aromatic N) is 2. The lowest BCUT2D eigenvalue weighted by Gasteiger charge is -2.30. The molecule has 0 unspecified atom stereocenters. The predicted octanol–water partition coefficient (Wildman–Crippen LogP) is 0.346. The minimum absolute atomic E-state index is 0.272. The van der Waals surface area contributed by atoms with E-state index in [0.717, 1.165) is 16.7 Å². The highest BCUT2D eigenvalue weighted by Crippen LogP contribution is 2.18. The zero-order valence-corrected chi connectivity index (χ0v) is 9.68. The van der Waals surface area contributed by atoms with Crippen molar-refractivity contribution in [3.05, 3.63) is 10.1 Å². The number of carbonyl (C=O) groups excluding carboxylic acids is 1. The molecule has 1 saturated heterocycles. The summed E-state index contributed by atoms with van der Waals surface area (Å²) < 4.78 is 0. The second-order valence-corrected chi connectivity index (χ2v) is 4.31. The molecule has 0 bridgehead atoms. The van der Waals surface area contributed by atoms with Gasteiger partial charge in [-0.2, -0.15) is 0 Å². The average Bonchev–Trinajstić information content (AvgIpc) is 2.61. The summed E-state index contributed by atoms with van der Waals surface area (Å²) in [7, 11) is 0. The molecule has 17 heavy (non-hydrogen) atoms. The molecule has 9 nitrogen and oxygen atoms in total. The molecule has 1 aliphatic heterocycles. The van der Waals surface area contributed by atoms with Crippen molar-refractivity contribution in [1.29, 1.82) is 0 Å². The van der Waals surface area contributed by atoms with E-state index in [1.165, 1.54) is 6.92 Å². The summed E-state index contributed by atoms with van der Waals surface area (Å²) in [5.41, 5.74) is 0. The van der Waals surface area contributed by atoms with Crippen molar-refractivity contribution in [3.8, 4) is 0 Å². The molecule has 10 heteroatoms. The molecule has 0 spiro atoms. The van der Waals surface area contributed by atoms with Gasteiger partial charge in [0, 0.05) is 5.75 Å². The highest BCUT2D eigenvalue weighted by atomic mass is 32.2. The molecule has 2 N–H and O–H groups in total. The van der Waals surface area contributed by atoms with Crippen molar-refractivity contribution in [1.82, 2.24) is 10.2 Å². The Morgan fingerprint density at radius 1 is 1.88 bits per heavy atom. The SMILES string of the molecule is C[C@@H](CO[N+](=O)[O-])N(C(=O)O)[C@@H]1CSC(=O)N1. The molecule has 1 aliphatic rings. The van der Waals surface area contributed by atoms with Crippen LogP contribution in [0.5, 0.6) is 0 Å². The van der Waals surface area contributed by atoms with Gasteiger partial charge < -0.3 is 15.3 Å². The number of amides is 2. The molecule has 0 aromatic carbocycles. The molecule has 0 aromatic heterocycles. The maximum Gasteiger partial charge on any atom is 0.409 e. The lowest BCUT2D eigenvalue weighted by atomic mass is 10.3. The van der Waals surface area contributed by atoms with Crippen LogP contribution in [-0.2, 0) is 4.84 Å². The van der Waals surface area contributed by atoms with Crippen LogP contribution in [-0.4, -0.2) is 51.0 Å². The molecular weight excluding hydrogens is 254 g/mol. The molecule has 0 saturated carbocycles. The number of nitrogens with one attached hydrogen (secondary N) is 1. The van der Waals surface area contributed by atoms with Gasteiger partial charge in [0.25, 0.3) is 10.3 Å². The first kappa shape index (κ1) is 13.4. The van der Waals surface area contributed by atoms with Crippen LogP contribution in [0.15, 0.2) is 0 Å². The Bertz CT molecular complexity index is 338. The summed E-state index contributed by atoms with van der Waals surface area (Å²) in [5, 5.41) is 20.2. The van der Waals surface area contributed by atoms with Crippen LogP contribution >= 0.6 is 11.8 Å². The van der Waals surface area contributed by atoms with Gasteiger partial charge in [-0.25, -0.2) is 4.79 Å². The van der Waals surface area contributed by atoms with Crippen molar-refractivity contribution in [2.75, 3.05) is 12.4 Å². The van der Waals surface area contributed by atoms with Gasteiger partial charge in [0.15, 0.2) is 0 Å². The largest absolute Gasteiger partial charge is 0.465 e. The van der Waals surface area contributed by atoms with Crippen LogP contribution in [0, 0.1) is 10.1 Å². The summed E-state index contributed by atoms with van der Waals surface area (Å²) >= 11 is 0.963. The predicted molar refractivity (Wildman–Crippen MR) is 57.0 cm³/mol. The first-order chi connectivity index (χ1) is 7.91. The number of carbonyl (C=O) groups is 2. The summed E-state index contributed by atoms with van der Waals surface area (Å²) in [4.78, 5) is 37.0. The molecule has 0 aliphatic carbocycles. The first-order valence-corrected chi connectivity index (χ1v) is 5.62. The third-order valence-corrected chi connectivity index (χ3v) is 2.97. The van der Waals surface area contributed by atoms with E-state index >= 15 is 0 Å². The minimum atomic E-state index is -1.27. The van der Waals surface area contributed by atoms with Gasteiger partial charge in [-0.1, -0.05) is 11.8 Å². The van der Waals surface area contributed by atoms with Crippen LogP contribution < -0.4 is 5.32 Å². The van der Waals surface area contributed by atoms with E-state index in [9.17, 15) is 19.7 Å². The van der Waals surface area contributed by atoms with Crippen molar-refractivity contribution >= 4 is 23.1 Å². The number of rotatable bonds is 5. The standard InChI is InChI=1S/C7H11N3O6S/c1-4(2-16-10(14)15)9(7(12)13)5-3-17-6(11)8-5/h4-5H,2-3H2,1H3,(H,8,11)(H,12,13)/t4-,5+/m0/s1. The molecule has 1 heterocycles. The van der Waals surface area contributed by atoms with Crippen molar-refractivity contribution in [3.63, 3.8) is 0 Å². The summed E-state index contributed by atoms with van der Waals surface area (Å²) in [5.74, 6) is 0.272. The van der Waals surface area contributed by atoms with Gasteiger partial charge in [-0.05, 0) is 6.92 Å². The Balaban J connectivity index is 2.61. The zero-order valence-electron chi connectivity index (χ0n) is 8.86. The molecular formula is C7H11N3O6S. The lowest BCUT2D eigenvalue weighted by Crippen LogP contribution is -2.53. The topological polar surface area (TPSA) is 122 Å². The van der Waals surface area contributed by atoms with Gasteiger partial charge in [-0.3, -0.25) is 9.69 Å². The number of thioether (sulfide) groups is 1. The fourth-order valence-electron chi connectivity index (χ4n) is 1.40. The van der Waals surface area contributed by atoms with E-state index < -0.39 is 23.4 Å². The second-order valence-electron chi connectivity index (χ2n) is 3.32. The highest BCUT2D eigenvalue weighted by Gasteiger charge is 2.34. The maximum atomic E-state index is 11.0. The van der Waals surface area contributed by atoms with Crippen LogP contribution in [0.25, 0.3) is 0 Å². The second kappa shape index (κ2) is 5.57. The molecule has 0 aromatic rings. The monoisotopic (exact) mass is 265 g/mol. The van der Waals surface area contributed by atoms with E-state index in [4.69, 9.17) is 5.11 Å². The van der Waals surface area contributed by atoms with E-state index in [-0.39, 0.29) is 17.6 Å². The smallest absolute Gasteiger partial charge is 0.409 e. The zero-order chi connectivity index (χ0) is 13.0. The molecule has 1 fully saturated rings. The Labute approximate surface area is 100 Å². The normalized spacial score (nSPS) is 20.5. The van der Waals surface area contributed by atoms with E-state index in [1.54, 1.807) is 0 Å². The van der Waals surface area contributed by atoms with Crippen LogP contribution in [0.4, 0.5) is 9.59 Å². The Morgan fingerprint density at radius 3 is 2.94 bits per heavy atom. The fourth-order valence-corrected chi connectivity index (χ4v) is 2.17. The van der Waals surface area contributed by atoms with Gasteiger partial charge in [0.2, 0.25) is 0 Å². The van der Waals surface area contributed by atoms with E-state index in [0.29, 0.717) is 0 Å². The van der Waals surface area contributed by atoms with Crippen molar-refractivity contribution in [2.45, 2.75) is 19.1 Å². The fraction of sp³-hybridized carbons (Fsp3) is 0.714. The molecule has 2 amide bonds. The molecule has 1 rings (SSSR count). The lowest BCUT2D eigenvalue weighted by molar-refractivity contribution is -0.758. The summed E-state index contributed by atoms with van der Waals surface area (Å²) in [6.45, 7) is 1.09. The van der Waals surface area contributed by atoms with E-state index in [1.807, 2.05) is 0 Å². The van der Waals surface area contributed by atoms with E-state index in [2.05, 4.69) is 10.2 Å². The third kappa shape index (κ3) is 3.66. The summed E-state index contributed by atoms with van der Waals surface area (Å²) in [6.07, 6.45) is -1.95. The third-order valence-electron chi connectivity index (χ3n) is 2.11. The quantitative estimate of drug-likeness (QED) is 0.543. The van der Waals surface area contributed by atoms with Gasteiger partial charge in [0.05, 0.1) is 6.04 Å². The van der Waals surface area contributed by atoms with Crippen LogP contribution in [0.3, 0.4) is 0 Å². The van der Waals surface area contributed by atoms with Crippen LogP contribution in [0.2, 0.25) is 0 Å². The Hall–Kier alpha value is -1.71. The number of hydrogen-bond acceptors (Lipinski definition) is 6. The Kier molecular flexibility index (Phi) is 4.37. The molecule has 2 atom stereocenters. The average molecular weight is 265 g/mol. The number of carboxylic acid groups (broad SMARTS) is 1. The minimum Gasteiger partial charge on any atom is -0.465 e. The highest BCUT2D eigenvalue weighted by molar-refractivity contribution is 8.13. The maximum absolute atomic E-state index is 11.0. The van der Waals surface area contributed by atoms with Gasteiger partial charge in [-0.15, -0.1) is 10.1 Å². The summed E-state index contributed by atoms with van der Waals surface area (Å²) in [6, 6.07) is -0.734. The molecule has 0 radical (unpaired) electrons. The Morgan fingerprint density at radius 2 is 2.53 bits per heavy atom. The van der Waals surface area contributed by atoms with Gasteiger partial charge >= 0.3 is 6.09 Å². The van der Waals surface area contributed by atoms with Gasteiger partial charge in [0.1, 0.15) is 12.8 Å². The van der Waals surface area contributed by atoms with Crippen LogP contribution in [0.1, 0.15) is 6.92 Å². The van der Waals surface area contributed by atoms with Crippen molar-refractivity contribution < 1.29 is 24.6 Å².